The number of likely N-dealkylation sites (tertiary alicyclic amines) is 1. The maximum Gasteiger partial charge on any atom is 0.345 e. The number of amides is 2. The van der Waals surface area contributed by atoms with Crippen molar-refractivity contribution in [2.75, 3.05) is 13.1 Å². The van der Waals surface area contributed by atoms with Crippen LogP contribution in [0.4, 0.5) is 0 Å². The Morgan fingerprint density at radius 2 is 1.88 bits per heavy atom. The number of rotatable bonds is 4. The molecule has 3 rings (SSSR count). The summed E-state index contributed by atoms with van der Waals surface area (Å²) in [5.41, 5.74) is 0. The minimum Gasteiger partial charge on any atom is -0.477 e. The van der Waals surface area contributed by atoms with Gasteiger partial charge in [-0.3, -0.25) is 9.59 Å². The van der Waals surface area contributed by atoms with Gasteiger partial charge in [0.1, 0.15) is 4.88 Å². The third-order valence-electron chi connectivity index (χ3n) is 3.89. The molecule has 0 unspecified atom stereocenters. The molecule has 0 saturated carbocycles. The fourth-order valence-corrected chi connectivity index (χ4v) is 3.36. The average molecular weight is 348 g/mol. The second-order valence-electron chi connectivity index (χ2n) is 5.49. The molecule has 2 amide bonds. The van der Waals surface area contributed by atoms with E-state index in [-0.39, 0.29) is 22.7 Å². The molecular weight excluding hydrogens is 332 g/mol. The molecule has 1 aliphatic rings. The van der Waals surface area contributed by atoms with Crippen LogP contribution < -0.4 is 5.32 Å². The lowest BCUT2D eigenvalue weighted by Crippen LogP contribution is -2.46. The van der Waals surface area contributed by atoms with E-state index in [1.165, 1.54) is 18.4 Å². The lowest BCUT2D eigenvalue weighted by Gasteiger charge is -2.31. The third-order valence-corrected chi connectivity index (χ3v) is 4.96. The van der Waals surface area contributed by atoms with Gasteiger partial charge < -0.3 is 19.7 Å². The van der Waals surface area contributed by atoms with E-state index in [0.29, 0.717) is 36.6 Å². The van der Waals surface area contributed by atoms with Crippen molar-refractivity contribution in [3.8, 4) is 0 Å². The molecule has 2 N–H and O–H groups in total. The Labute approximate surface area is 141 Å². The molecule has 0 atom stereocenters. The second-order valence-corrected chi connectivity index (χ2v) is 6.57. The minimum atomic E-state index is -1.04. The zero-order chi connectivity index (χ0) is 17.1. The average Bonchev–Trinajstić information content (AvgIpc) is 3.26. The first kappa shape index (κ1) is 16.3. The maximum atomic E-state index is 12.2. The topological polar surface area (TPSA) is 99.8 Å². The number of piperidine rings is 1. The number of hydrogen-bond acceptors (Lipinski definition) is 5. The van der Waals surface area contributed by atoms with Crippen LogP contribution in [0.1, 0.15) is 42.7 Å². The van der Waals surface area contributed by atoms with E-state index >= 15 is 0 Å². The molecule has 8 heteroatoms. The summed E-state index contributed by atoms with van der Waals surface area (Å²) in [6.07, 6.45) is 2.76. The summed E-state index contributed by atoms with van der Waals surface area (Å²) < 4.78 is 5.11. The highest BCUT2D eigenvalue weighted by molar-refractivity contribution is 7.15. The van der Waals surface area contributed by atoms with Crippen molar-refractivity contribution in [2.45, 2.75) is 18.9 Å². The molecule has 0 bridgehead atoms. The summed E-state index contributed by atoms with van der Waals surface area (Å²) >= 11 is 0.953. The monoisotopic (exact) mass is 348 g/mol. The first-order chi connectivity index (χ1) is 11.5. The van der Waals surface area contributed by atoms with Gasteiger partial charge in [0.05, 0.1) is 11.1 Å². The van der Waals surface area contributed by atoms with Crippen molar-refractivity contribution in [2.24, 2.45) is 0 Å². The fourth-order valence-electron chi connectivity index (χ4n) is 2.61. The van der Waals surface area contributed by atoms with E-state index in [1.54, 1.807) is 17.0 Å². The van der Waals surface area contributed by atoms with Crippen molar-refractivity contribution < 1.29 is 23.9 Å². The Morgan fingerprint density at radius 3 is 2.46 bits per heavy atom. The van der Waals surface area contributed by atoms with Crippen LogP contribution in [-0.2, 0) is 0 Å². The van der Waals surface area contributed by atoms with Crippen molar-refractivity contribution in [3.63, 3.8) is 0 Å². The molecule has 126 valence electrons. The van der Waals surface area contributed by atoms with Crippen molar-refractivity contribution in [1.82, 2.24) is 10.2 Å². The van der Waals surface area contributed by atoms with Crippen LogP contribution in [0.2, 0.25) is 0 Å². The number of nitrogens with one attached hydrogen (secondary N) is 1. The molecule has 2 aromatic heterocycles. The number of carboxylic acids is 1. The lowest BCUT2D eigenvalue weighted by atomic mass is 10.0. The summed E-state index contributed by atoms with van der Waals surface area (Å²) in [6, 6.07) is 6.21. The van der Waals surface area contributed by atoms with Gasteiger partial charge in [-0.05, 0) is 37.1 Å². The number of carboxylic acid groups (broad SMARTS) is 1. The number of furan rings is 1. The van der Waals surface area contributed by atoms with Gasteiger partial charge in [0, 0.05) is 19.1 Å². The van der Waals surface area contributed by atoms with E-state index < -0.39 is 5.97 Å². The molecule has 0 aliphatic carbocycles. The van der Waals surface area contributed by atoms with E-state index in [2.05, 4.69) is 5.32 Å². The third kappa shape index (κ3) is 3.48. The number of hydrogen-bond donors (Lipinski definition) is 2. The van der Waals surface area contributed by atoms with Crippen LogP contribution in [0.15, 0.2) is 34.9 Å². The standard InChI is InChI=1S/C16H16N2O5S/c19-14(12-3-4-13(24-12)16(21)22)17-10-5-7-18(8-6-10)15(20)11-2-1-9-23-11/h1-4,9-10H,5-8H2,(H,17,19)(H,21,22). The number of nitrogens with zero attached hydrogens (tertiary/aromatic N) is 1. The SMILES string of the molecule is O=C(O)c1ccc(C(=O)NC2CCN(C(=O)c3ccco3)CC2)s1. The second kappa shape index (κ2) is 6.88. The van der Waals surface area contributed by atoms with E-state index in [1.807, 2.05) is 0 Å². The van der Waals surface area contributed by atoms with Gasteiger partial charge in [0.25, 0.3) is 11.8 Å². The minimum absolute atomic E-state index is 0.0338. The maximum absolute atomic E-state index is 12.2. The van der Waals surface area contributed by atoms with Gasteiger partial charge >= 0.3 is 5.97 Å². The van der Waals surface area contributed by atoms with Crippen LogP contribution >= 0.6 is 11.3 Å². The molecule has 0 aromatic carbocycles. The Kier molecular flexibility index (Phi) is 4.66. The normalized spacial score (nSPS) is 15.2. The zero-order valence-electron chi connectivity index (χ0n) is 12.7. The smallest absolute Gasteiger partial charge is 0.345 e. The summed E-state index contributed by atoms with van der Waals surface area (Å²) in [5.74, 6) is -1.14. The largest absolute Gasteiger partial charge is 0.477 e. The number of aromatic carboxylic acids is 1. The Hall–Kier alpha value is -2.61. The molecule has 0 spiro atoms. The lowest BCUT2D eigenvalue weighted by molar-refractivity contribution is 0.0665. The summed E-state index contributed by atoms with van der Waals surface area (Å²) in [7, 11) is 0. The van der Waals surface area contributed by atoms with Gasteiger partial charge in [-0.15, -0.1) is 11.3 Å². The highest BCUT2D eigenvalue weighted by Gasteiger charge is 2.26. The van der Waals surface area contributed by atoms with E-state index in [9.17, 15) is 14.4 Å². The molecule has 3 heterocycles. The summed E-state index contributed by atoms with van der Waals surface area (Å²) in [4.78, 5) is 37.4. The van der Waals surface area contributed by atoms with Crippen LogP contribution in [0.25, 0.3) is 0 Å². The van der Waals surface area contributed by atoms with Crippen molar-refractivity contribution >= 4 is 29.1 Å². The molecule has 1 aliphatic heterocycles. The Balaban J connectivity index is 1.52. The summed E-state index contributed by atoms with van der Waals surface area (Å²) in [6.45, 7) is 1.07. The predicted octanol–water partition coefficient (Wildman–Crippen LogP) is 2.07. The number of carbonyl (C=O) groups is 3. The summed E-state index contributed by atoms with van der Waals surface area (Å²) in [5, 5.41) is 11.8. The van der Waals surface area contributed by atoms with Crippen LogP contribution in [0, 0.1) is 0 Å². The van der Waals surface area contributed by atoms with Crippen molar-refractivity contribution in [1.29, 1.82) is 0 Å². The van der Waals surface area contributed by atoms with Gasteiger partial charge in [0.15, 0.2) is 5.76 Å². The Bertz CT molecular complexity index is 744. The van der Waals surface area contributed by atoms with Crippen LogP contribution in [0.3, 0.4) is 0 Å². The van der Waals surface area contributed by atoms with Crippen LogP contribution in [-0.4, -0.2) is 46.9 Å². The molecular formula is C16H16N2O5S. The molecule has 1 fully saturated rings. The van der Waals surface area contributed by atoms with Gasteiger partial charge in [-0.25, -0.2) is 4.79 Å². The van der Waals surface area contributed by atoms with Gasteiger partial charge in [-0.2, -0.15) is 0 Å². The molecule has 7 nitrogen and oxygen atoms in total. The first-order valence-electron chi connectivity index (χ1n) is 7.51. The van der Waals surface area contributed by atoms with Gasteiger partial charge in [-0.1, -0.05) is 0 Å². The zero-order valence-corrected chi connectivity index (χ0v) is 13.5. The Morgan fingerprint density at radius 1 is 1.17 bits per heavy atom. The first-order valence-corrected chi connectivity index (χ1v) is 8.33. The predicted molar refractivity (Wildman–Crippen MR) is 86.4 cm³/mol. The van der Waals surface area contributed by atoms with E-state index in [4.69, 9.17) is 9.52 Å². The number of thiophene rings is 1. The van der Waals surface area contributed by atoms with Crippen LogP contribution in [0.5, 0.6) is 0 Å². The quantitative estimate of drug-likeness (QED) is 0.881. The number of carbonyl (C=O) groups excluding carboxylic acids is 2. The molecule has 0 radical (unpaired) electrons. The molecule has 2 aromatic rings. The molecule has 24 heavy (non-hydrogen) atoms. The fraction of sp³-hybridized carbons (Fsp3) is 0.312. The highest BCUT2D eigenvalue weighted by Crippen LogP contribution is 2.18. The highest BCUT2D eigenvalue weighted by atomic mass is 32.1. The molecule has 1 saturated heterocycles. The van der Waals surface area contributed by atoms with Crippen molar-refractivity contribution in [3.05, 3.63) is 46.0 Å². The van der Waals surface area contributed by atoms with Gasteiger partial charge in [0.2, 0.25) is 0 Å². The van der Waals surface area contributed by atoms with E-state index in [0.717, 1.165) is 11.3 Å².